The van der Waals surface area contributed by atoms with Gasteiger partial charge in [0.05, 0.1) is 5.75 Å². The molecule has 7 nitrogen and oxygen atoms in total. The molecule has 0 fully saturated rings. The average Bonchev–Trinajstić information content (AvgIpc) is 2.33. The van der Waals surface area contributed by atoms with Crippen LogP contribution in [0.5, 0.6) is 5.75 Å². The van der Waals surface area contributed by atoms with Gasteiger partial charge in [-0.25, -0.2) is 0 Å². The fourth-order valence-electron chi connectivity index (χ4n) is 1.69. The van der Waals surface area contributed by atoms with Gasteiger partial charge in [0.25, 0.3) is 10.1 Å². The lowest BCUT2D eigenvalue weighted by Gasteiger charge is -2.23. The van der Waals surface area contributed by atoms with Crippen LogP contribution < -0.4 is 4.90 Å². The van der Waals surface area contributed by atoms with Crippen LogP contribution in [-0.2, 0) is 10.1 Å². The number of aromatic hydroxyl groups is 1. The molecule has 0 aliphatic rings. The summed E-state index contributed by atoms with van der Waals surface area (Å²) >= 11 is 0. The van der Waals surface area contributed by atoms with Crippen molar-refractivity contribution in [2.75, 3.05) is 23.7 Å². The molecule has 20 heavy (non-hydrogen) atoms. The van der Waals surface area contributed by atoms with E-state index in [4.69, 9.17) is 4.55 Å². The van der Waals surface area contributed by atoms with Crippen LogP contribution in [0.3, 0.4) is 0 Å². The van der Waals surface area contributed by atoms with Gasteiger partial charge in [0.15, 0.2) is 0 Å². The molecule has 1 aromatic rings. The van der Waals surface area contributed by atoms with Crippen molar-refractivity contribution in [2.45, 2.75) is 13.3 Å². The van der Waals surface area contributed by atoms with E-state index in [-0.39, 0.29) is 36.0 Å². The van der Waals surface area contributed by atoms with E-state index >= 15 is 0 Å². The molecule has 0 bridgehead atoms. The molecule has 2 N–H and O–H groups in total. The third kappa shape index (κ3) is 5.72. The summed E-state index contributed by atoms with van der Waals surface area (Å²) in [6.45, 7) is 2.87. The number of halogens is 1. The number of hydrogen-bond acceptors (Lipinski definition) is 6. The summed E-state index contributed by atoms with van der Waals surface area (Å²) in [6, 6.07) is 4.41. The summed E-state index contributed by atoms with van der Waals surface area (Å²) in [5, 5.41) is 12.2. The number of hydrogen-bond donors (Lipinski definition) is 2. The van der Waals surface area contributed by atoms with E-state index in [0.717, 1.165) is 0 Å². The summed E-state index contributed by atoms with van der Waals surface area (Å²) < 4.78 is 29.9. The normalized spacial score (nSPS) is 10.7. The highest BCUT2D eigenvalue weighted by molar-refractivity contribution is 7.85. The Labute approximate surface area is 123 Å². The summed E-state index contributed by atoms with van der Waals surface area (Å²) in [5.74, 6) is -0.538. The molecule has 0 spiro atoms. The molecule has 0 saturated carbocycles. The van der Waals surface area contributed by atoms with Crippen LogP contribution in [0, 0.1) is 4.91 Å². The zero-order chi connectivity index (χ0) is 14.5. The van der Waals surface area contributed by atoms with E-state index in [9.17, 15) is 18.4 Å². The van der Waals surface area contributed by atoms with E-state index in [1.165, 1.54) is 12.1 Å². The van der Waals surface area contributed by atoms with Gasteiger partial charge in [0, 0.05) is 24.8 Å². The van der Waals surface area contributed by atoms with Crippen molar-refractivity contribution in [1.82, 2.24) is 0 Å². The van der Waals surface area contributed by atoms with Gasteiger partial charge in [-0.3, -0.25) is 4.55 Å². The number of nitroso groups, excluding NO2 is 1. The Bertz CT molecular complexity index is 550. The van der Waals surface area contributed by atoms with Crippen LogP contribution in [0.4, 0.5) is 11.4 Å². The first kappa shape index (κ1) is 18.6. The molecule has 0 atom stereocenters. The van der Waals surface area contributed by atoms with Crippen molar-refractivity contribution >= 4 is 33.9 Å². The van der Waals surface area contributed by atoms with Gasteiger partial charge in [0.2, 0.25) is 0 Å². The lowest BCUT2D eigenvalue weighted by molar-refractivity contribution is 0.475. The topological polar surface area (TPSA) is 107 Å². The van der Waals surface area contributed by atoms with Gasteiger partial charge in [-0.1, -0.05) is 0 Å². The first-order valence-corrected chi connectivity index (χ1v) is 7.34. The van der Waals surface area contributed by atoms with Crippen molar-refractivity contribution in [3.63, 3.8) is 0 Å². The quantitative estimate of drug-likeness (QED) is 0.588. The molecule has 0 amide bonds. The molecule has 0 heterocycles. The minimum Gasteiger partial charge on any atom is -0.505 e. The molecular weight excluding hydrogens is 308 g/mol. The fourth-order valence-corrected chi connectivity index (χ4v) is 2.19. The number of phenols is 1. The van der Waals surface area contributed by atoms with Gasteiger partial charge in [-0.05, 0) is 30.7 Å². The fraction of sp³-hybridized carbons (Fsp3) is 0.455. The molecule has 0 aliphatic heterocycles. The molecule has 0 saturated heterocycles. The Morgan fingerprint density at radius 3 is 2.45 bits per heavy atom. The lowest BCUT2D eigenvalue weighted by Crippen LogP contribution is -2.25. The monoisotopic (exact) mass is 324 g/mol. The highest BCUT2D eigenvalue weighted by Crippen LogP contribution is 2.30. The van der Waals surface area contributed by atoms with E-state index in [1.54, 1.807) is 6.07 Å². The molecule has 0 unspecified atom stereocenters. The number of nitrogens with zero attached hydrogens (tertiary/aromatic N) is 2. The zero-order valence-corrected chi connectivity index (χ0v) is 12.5. The minimum absolute atomic E-state index is 0. The van der Waals surface area contributed by atoms with Crippen molar-refractivity contribution < 1.29 is 18.1 Å². The maximum Gasteiger partial charge on any atom is 0.264 e. The van der Waals surface area contributed by atoms with Crippen molar-refractivity contribution in [3.05, 3.63) is 23.1 Å². The van der Waals surface area contributed by atoms with E-state index in [1.807, 2.05) is 11.8 Å². The molecule has 1 rings (SSSR count). The highest BCUT2D eigenvalue weighted by atomic mass is 35.5. The molecule has 0 aromatic heterocycles. The lowest BCUT2D eigenvalue weighted by atomic mass is 10.2. The Hall–Kier alpha value is -1.38. The molecule has 0 radical (unpaired) electrons. The number of benzene rings is 1. The largest absolute Gasteiger partial charge is 0.505 e. The van der Waals surface area contributed by atoms with Crippen LogP contribution in [0.1, 0.15) is 13.3 Å². The van der Waals surface area contributed by atoms with Gasteiger partial charge in [0.1, 0.15) is 11.4 Å². The number of rotatable bonds is 7. The predicted molar refractivity (Wildman–Crippen MR) is 79.7 cm³/mol. The second-order valence-corrected chi connectivity index (χ2v) is 5.56. The third-order valence-electron chi connectivity index (χ3n) is 2.63. The second kappa shape index (κ2) is 8.03. The smallest absolute Gasteiger partial charge is 0.264 e. The van der Waals surface area contributed by atoms with Crippen molar-refractivity contribution in [2.24, 2.45) is 5.18 Å². The van der Waals surface area contributed by atoms with Gasteiger partial charge in [-0.15, -0.1) is 17.3 Å². The number of phenolic OH excluding ortho intramolecular Hbond substituents is 1. The van der Waals surface area contributed by atoms with Crippen LogP contribution in [0.2, 0.25) is 0 Å². The Kier molecular flexibility index (Phi) is 7.48. The average molecular weight is 325 g/mol. The van der Waals surface area contributed by atoms with Crippen LogP contribution in [0.25, 0.3) is 0 Å². The first-order valence-electron chi connectivity index (χ1n) is 5.74. The van der Waals surface area contributed by atoms with Gasteiger partial charge in [-0.2, -0.15) is 8.42 Å². The minimum atomic E-state index is -3.96. The SMILES string of the molecule is CCN(CCCS(=O)(=O)O)c1ccc(N=O)c(O)c1.Cl. The van der Waals surface area contributed by atoms with E-state index in [2.05, 4.69) is 5.18 Å². The van der Waals surface area contributed by atoms with Gasteiger partial charge < -0.3 is 10.0 Å². The molecule has 0 aliphatic carbocycles. The van der Waals surface area contributed by atoms with E-state index < -0.39 is 10.1 Å². The zero-order valence-electron chi connectivity index (χ0n) is 10.9. The maximum atomic E-state index is 10.6. The predicted octanol–water partition coefficient (Wildman–Crippen LogP) is 2.32. The maximum absolute atomic E-state index is 10.6. The van der Waals surface area contributed by atoms with Crippen molar-refractivity contribution in [3.8, 4) is 5.75 Å². The summed E-state index contributed by atoms with van der Waals surface area (Å²) in [4.78, 5) is 12.2. The highest BCUT2D eigenvalue weighted by Gasteiger charge is 2.10. The Morgan fingerprint density at radius 1 is 1.35 bits per heavy atom. The second-order valence-electron chi connectivity index (χ2n) is 3.98. The Balaban J connectivity index is 0.00000361. The molecular formula is C11H17ClN2O5S. The van der Waals surface area contributed by atoms with Gasteiger partial charge >= 0.3 is 0 Å². The summed E-state index contributed by atoms with van der Waals surface area (Å²) in [5.41, 5.74) is 0.612. The van der Waals surface area contributed by atoms with Crippen LogP contribution >= 0.6 is 12.4 Å². The Morgan fingerprint density at radius 2 is 2.00 bits per heavy atom. The van der Waals surface area contributed by atoms with Crippen LogP contribution in [0.15, 0.2) is 23.4 Å². The molecule has 114 valence electrons. The molecule has 1 aromatic carbocycles. The summed E-state index contributed by atoms with van der Waals surface area (Å²) in [6.07, 6.45) is 0.265. The molecule has 9 heteroatoms. The number of anilines is 1. The van der Waals surface area contributed by atoms with Crippen molar-refractivity contribution in [1.29, 1.82) is 0 Å². The third-order valence-corrected chi connectivity index (χ3v) is 3.44. The summed E-state index contributed by atoms with van der Waals surface area (Å²) in [7, 11) is -3.96. The first-order chi connectivity index (χ1) is 8.87. The van der Waals surface area contributed by atoms with Crippen LogP contribution in [-0.4, -0.2) is 36.9 Å². The standard InChI is InChI=1S/C11H16N2O5S.ClH/c1-2-13(6-3-7-19(16,17)18)9-4-5-10(12-15)11(14)8-9;/h4-5,8,14H,2-3,6-7H2,1H3,(H,16,17,18);1H. The van der Waals surface area contributed by atoms with E-state index in [0.29, 0.717) is 18.8 Å².